The van der Waals surface area contributed by atoms with Crippen molar-refractivity contribution >= 4 is 17.5 Å². The number of ether oxygens (including phenoxy) is 2. The first-order chi connectivity index (χ1) is 12.9. The van der Waals surface area contributed by atoms with Crippen molar-refractivity contribution in [1.82, 2.24) is 5.32 Å². The zero-order valence-corrected chi connectivity index (χ0v) is 15.7. The van der Waals surface area contributed by atoms with Crippen molar-refractivity contribution in [1.29, 1.82) is 0 Å². The number of hydrogen-bond acceptors (Lipinski definition) is 5. The van der Waals surface area contributed by atoms with Gasteiger partial charge in [-0.15, -0.1) is 0 Å². The standard InChI is InChI=1S/C20H25N3O4/c1-13(19(21)14-7-5-4-6-8-14)20(25)22-12-18(24)23-15-9-16(26-2)11-17(10-15)27-3/h4-11,13,19H,12,21H2,1-3H3,(H,22,25)(H,23,24). The minimum absolute atomic E-state index is 0.162. The number of hydrogen-bond donors (Lipinski definition) is 3. The van der Waals surface area contributed by atoms with Gasteiger partial charge in [0.1, 0.15) is 11.5 Å². The summed E-state index contributed by atoms with van der Waals surface area (Å²) in [5.41, 5.74) is 7.53. The summed E-state index contributed by atoms with van der Waals surface area (Å²) in [6.07, 6.45) is 0. The number of amides is 2. The van der Waals surface area contributed by atoms with Gasteiger partial charge in [0.2, 0.25) is 11.8 Å². The molecule has 4 N–H and O–H groups in total. The highest BCUT2D eigenvalue weighted by Gasteiger charge is 2.22. The quantitative estimate of drug-likeness (QED) is 0.659. The Labute approximate surface area is 158 Å². The van der Waals surface area contributed by atoms with Crippen LogP contribution in [0.25, 0.3) is 0 Å². The van der Waals surface area contributed by atoms with Crippen molar-refractivity contribution in [2.24, 2.45) is 11.7 Å². The molecule has 144 valence electrons. The predicted molar refractivity (Wildman–Crippen MR) is 104 cm³/mol. The maximum absolute atomic E-state index is 12.3. The van der Waals surface area contributed by atoms with Gasteiger partial charge >= 0.3 is 0 Å². The number of carbonyl (C=O) groups excluding carboxylic acids is 2. The molecule has 0 spiro atoms. The normalized spacial score (nSPS) is 12.6. The zero-order chi connectivity index (χ0) is 19.8. The third-order valence-electron chi connectivity index (χ3n) is 4.20. The van der Waals surface area contributed by atoms with E-state index in [1.165, 1.54) is 14.2 Å². The van der Waals surface area contributed by atoms with Crippen LogP contribution in [0.1, 0.15) is 18.5 Å². The fourth-order valence-electron chi connectivity index (χ4n) is 2.54. The van der Waals surface area contributed by atoms with Crippen LogP contribution >= 0.6 is 0 Å². The lowest BCUT2D eigenvalue weighted by molar-refractivity contribution is -0.127. The Balaban J connectivity index is 1.90. The first-order valence-corrected chi connectivity index (χ1v) is 8.55. The van der Waals surface area contributed by atoms with Crippen LogP contribution in [-0.4, -0.2) is 32.6 Å². The van der Waals surface area contributed by atoms with Crippen LogP contribution in [0.2, 0.25) is 0 Å². The van der Waals surface area contributed by atoms with Crippen LogP contribution < -0.4 is 25.8 Å². The molecule has 2 amide bonds. The summed E-state index contributed by atoms with van der Waals surface area (Å²) in [6.45, 7) is 1.57. The number of anilines is 1. The molecule has 7 heteroatoms. The van der Waals surface area contributed by atoms with E-state index < -0.39 is 12.0 Å². The molecule has 2 atom stereocenters. The molecule has 0 aromatic heterocycles. The lowest BCUT2D eigenvalue weighted by Gasteiger charge is -2.19. The third kappa shape index (κ3) is 5.72. The van der Waals surface area contributed by atoms with E-state index in [9.17, 15) is 9.59 Å². The molecule has 2 rings (SSSR count). The van der Waals surface area contributed by atoms with Crippen molar-refractivity contribution in [3.05, 3.63) is 54.1 Å². The van der Waals surface area contributed by atoms with Gasteiger partial charge in [-0.05, 0) is 5.56 Å². The maximum Gasteiger partial charge on any atom is 0.243 e. The van der Waals surface area contributed by atoms with Crippen molar-refractivity contribution in [2.45, 2.75) is 13.0 Å². The van der Waals surface area contributed by atoms with Crippen LogP contribution in [0.15, 0.2) is 48.5 Å². The summed E-state index contributed by atoms with van der Waals surface area (Å²) in [5.74, 6) is -0.0201. The molecule has 0 fully saturated rings. The molecule has 27 heavy (non-hydrogen) atoms. The van der Waals surface area contributed by atoms with E-state index >= 15 is 0 Å². The number of rotatable bonds is 8. The Hall–Kier alpha value is -3.06. The van der Waals surface area contributed by atoms with Crippen LogP contribution in [0, 0.1) is 5.92 Å². The number of benzene rings is 2. The minimum atomic E-state index is -0.475. The molecule has 0 aliphatic heterocycles. The molecule has 2 aromatic carbocycles. The highest BCUT2D eigenvalue weighted by Crippen LogP contribution is 2.25. The largest absolute Gasteiger partial charge is 0.497 e. The van der Waals surface area contributed by atoms with Gasteiger partial charge in [0.25, 0.3) is 0 Å². The highest BCUT2D eigenvalue weighted by molar-refractivity contribution is 5.95. The Morgan fingerprint density at radius 2 is 1.63 bits per heavy atom. The summed E-state index contributed by atoms with van der Waals surface area (Å²) in [7, 11) is 3.05. The molecule has 2 unspecified atom stereocenters. The highest BCUT2D eigenvalue weighted by atomic mass is 16.5. The number of methoxy groups -OCH3 is 2. The molecule has 2 aromatic rings. The summed E-state index contributed by atoms with van der Waals surface area (Å²) in [4.78, 5) is 24.4. The summed E-state index contributed by atoms with van der Waals surface area (Å²) >= 11 is 0. The van der Waals surface area contributed by atoms with E-state index in [1.54, 1.807) is 25.1 Å². The average Bonchev–Trinajstić information content (AvgIpc) is 2.71. The van der Waals surface area contributed by atoms with E-state index in [1.807, 2.05) is 30.3 Å². The molecular formula is C20H25N3O4. The first-order valence-electron chi connectivity index (χ1n) is 8.55. The second kappa shape index (κ2) is 9.59. The van der Waals surface area contributed by atoms with Crippen molar-refractivity contribution in [2.75, 3.05) is 26.1 Å². The summed E-state index contributed by atoms with van der Waals surface area (Å²) in [6, 6.07) is 14.0. The number of carbonyl (C=O) groups is 2. The topological polar surface area (TPSA) is 103 Å². The molecule has 0 aliphatic rings. The van der Waals surface area contributed by atoms with Crippen LogP contribution in [0.4, 0.5) is 5.69 Å². The first kappa shape index (κ1) is 20.3. The molecule has 7 nitrogen and oxygen atoms in total. The fourth-order valence-corrected chi connectivity index (χ4v) is 2.54. The van der Waals surface area contributed by atoms with E-state index in [4.69, 9.17) is 15.2 Å². The smallest absolute Gasteiger partial charge is 0.243 e. The van der Waals surface area contributed by atoms with Gasteiger partial charge in [0.15, 0.2) is 0 Å². The monoisotopic (exact) mass is 371 g/mol. The van der Waals surface area contributed by atoms with Crippen molar-refractivity contribution in [3.8, 4) is 11.5 Å². The third-order valence-corrected chi connectivity index (χ3v) is 4.20. The Morgan fingerprint density at radius 3 is 2.19 bits per heavy atom. The molecule has 0 heterocycles. The summed E-state index contributed by atoms with van der Waals surface area (Å²) < 4.78 is 10.3. The average molecular weight is 371 g/mol. The predicted octanol–water partition coefficient (Wildman–Crippen LogP) is 2.09. The Kier molecular flexibility index (Phi) is 7.19. The van der Waals surface area contributed by atoms with E-state index in [0.29, 0.717) is 17.2 Å². The van der Waals surface area contributed by atoms with Gasteiger partial charge < -0.3 is 25.8 Å². The maximum atomic E-state index is 12.3. The van der Waals surface area contributed by atoms with Crippen LogP contribution in [0.3, 0.4) is 0 Å². The SMILES string of the molecule is COc1cc(NC(=O)CNC(=O)C(C)C(N)c2ccccc2)cc(OC)c1. The van der Waals surface area contributed by atoms with Gasteiger partial charge in [-0.25, -0.2) is 0 Å². The van der Waals surface area contributed by atoms with Crippen molar-refractivity contribution in [3.63, 3.8) is 0 Å². The van der Waals surface area contributed by atoms with E-state index in [0.717, 1.165) is 5.56 Å². The van der Waals surface area contributed by atoms with Crippen LogP contribution in [0.5, 0.6) is 11.5 Å². The second-order valence-electron chi connectivity index (χ2n) is 6.09. The minimum Gasteiger partial charge on any atom is -0.497 e. The molecule has 0 radical (unpaired) electrons. The molecule has 0 bridgehead atoms. The van der Waals surface area contributed by atoms with Crippen LogP contribution in [-0.2, 0) is 9.59 Å². The molecule has 0 saturated heterocycles. The summed E-state index contributed by atoms with van der Waals surface area (Å²) in [5, 5.41) is 5.32. The number of nitrogens with one attached hydrogen (secondary N) is 2. The van der Waals surface area contributed by atoms with Gasteiger partial charge in [0.05, 0.1) is 26.7 Å². The zero-order valence-electron chi connectivity index (χ0n) is 15.7. The lowest BCUT2D eigenvalue weighted by atomic mass is 9.95. The molecular weight excluding hydrogens is 346 g/mol. The molecule has 0 aliphatic carbocycles. The van der Waals surface area contributed by atoms with E-state index in [-0.39, 0.29) is 18.4 Å². The van der Waals surface area contributed by atoms with Gasteiger partial charge in [-0.1, -0.05) is 37.3 Å². The Morgan fingerprint density at radius 1 is 1.04 bits per heavy atom. The van der Waals surface area contributed by atoms with E-state index in [2.05, 4.69) is 10.6 Å². The second-order valence-corrected chi connectivity index (χ2v) is 6.09. The lowest BCUT2D eigenvalue weighted by Crippen LogP contribution is -2.39. The molecule has 0 saturated carbocycles. The fraction of sp³-hybridized carbons (Fsp3) is 0.300. The van der Waals surface area contributed by atoms with Gasteiger partial charge in [-0.2, -0.15) is 0 Å². The van der Waals surface area contributed by atoms with Gasteiger partial charge in [0, 0.05) is 29.9 Å². The van der Waals surface area contributed by atoms with Crippen molar-refractivity contribution < 1.29 is 19.1 Å². The number of nitrogens with two attached hydrogens (primary N) is 1. The van der Waals surface area contributed by atoms with Gasteiger partial charge in [-0.3, -0.25) is 9.59 Å². The Bertz CT molecular complexity index is 758.